The number of carbonyl (C=O) groups is 1. The topological polar surface area (TPSA) is 85.9 Å². The molecule has 1 fully saturated rings. The van der Waals surface area contributed by atoms with Crippen molar-refractivity contribution in [2.75, 3.05) is 23.7 Å². The minimum absolute atomic E-state index is 0.0487. The van der Waals surface area contributed by atoms with Gasteiger partial charge in [-0.1, -0.05) is 0 Å². The van der Waals surface area contributed by atoms with E-state index in [9.17, 15) is 4.79 Å². The van der Waals surface area contributed by atoms with Crippen LogP contribution in [0, 0.1) is 0 Å². The average Bonchev–Trinajstić information content (AvgIpc) is 3.15. The van der Waals surface area contributed by atoms with Gasteiger partial charge in [-0.3, -0.25) is 4.79 Å². The molecule has 0 aliphatic heterocycles. The fraction of sp³-hybridized carbons (Fsp3) is 0.381. The highest BCUT2D eigenvalue weighted by Crippen LogP contribution is 2.28. The molecule has 3 N–H and O–H groups in total. The van der Waals surface area contributed by atoms with Gasteiger partial charge in [0.2, 0.25) is 5.95 Å². The summed E-state index contributed by atoms with van der Waals surface area (Å²) in [6, 6.07) is 9.93. The van der Waals surface area contributed by atoms with Gasteiger partial charge >= 0.3 is 0 Å². The van der Waals surface area contributed by atoms with Gasteiger partial charge in [0, 0.05) is 36.6 Å². The van der Waals surface area contributed by atoms with Crippen molar-refractivity contribution in [3.8, 4) is 0 Å². The molecule has 0 unspecified atom stereocenters. The fourth-order valence-corrected chi connectivity index (χ4v) is 3.37. The number of fused-ring (bicyclic) bond motifs is 1. The predicted octanol–water partition coefficient (Wildman–Crippen LogP) is 4.15. The molecule has 0 atom stereocenters. The van der Waals surface area contributed by atoms with E-state index in [0.29, 0.717) is 30.6 Å². The summed E-state index contributed by atoms with van der Waals surface area (Å²) in [6.45, 7) is 5.38. The van der Waals surface area contributed by atoms with Crippen LogP contribution >= 0.6 is 0 Å². The first kappa shape index (κ1) is 18.3. The molecule has 1 amide bonds. The number of carbonyl (C=O) groups excluding carboxylic acids is 1. The van der Waals surface area contributed by atoms with E-state index in [1.807, 2.05) is 55.3 Å². The normalized spacial score (nSPS) is 13.9. The lowest BCUT2D eigenvalue weighted by atomic mass is 9.93. The number of nitrogens with one attached hydrogen (secondary N) is 3. The van der Waals surface area contributed by atoms with Crippen LogP contribution in [0.4, 0.5) is 17.5 Å². The minimum atomic E-state index is 0.0487. The van der Waals surface area contributed by atoms with Crippen LogP contribution in [0.3, 0.4) is 0 Å². The van der Waals surface area contributed by atoms with Crippen molar-refractivity contribution in [2.45, 2.75) is 39.2 Å². The molecule has 7 heteroatoms. The highest BCUT2D eigenvalue weighted by molar-refractivity contribution is 5.94. The molecule has 0 saturated heterocycles. The Hall–Kier alpha value is -3.09. The molecular formula is C21H26N6O. The number of aromatic amines is 1. The Bertz CT molecular complexity index is 957. The van der Waals surface area contributed by atoms with Crippen LogP contribution in [-0.2, 0) is 0 Å². The predicted molar refractivity (Wildman–Crippen MR) is 112 cm³/mol. The Balaban J connectivity index is 1.53. The summed E-state index contributed by atoms with van der Waals surface area (Å²) in [5.41, 5.74) is 2.33. The van der Waals surface area contributed by atoms with E-state index in [4.69, 9.17) is 0 Å². The van der Waals surface area contributed by atoms with Gasteiger partial charge in [0.15, 0.2) is 0 Å². The van der Waals surface area contributed by atoms with Gasteiger partial charge in [0.05, 0.1) is 5.39 Å². The number of amides is 1. The SMILES string of the molecule is CCN(CC)C(=O)c1ccc(Nc2nc(NC3CCC3)c3cc[nH]c3n2)cc1. The molecule has 4 rings (SSSR count). The van der Waals surface area contributed by atoms with E-state index in [1.54, 1.807) is 0 Å². The molecule has 0 bridgehead atoms. The van der Waals surface area contributed by atoms with Crippen LogP contribution < -0.4 is 10.6 Å². The van der Waals surface area contributed by atoms with Crippen molar-refractivity contribution in [2.24, 2.45) is 0 Å². The summed E-state index contributed by atoms with van der Waals surface area (Å²) < 4.78 is 0. The maximum atomic E-state index is 12.4. The number of H-pyrrole nitrogens is 1. The molecule has 2 aromatic heterocycles. The zero-order valence-corrected chi connectivity index (χ0v) is 16.3. The molecule has 146 valence electrons. The molecule has 2 heterocycles. The maximum Gasteiger partial charge on any atom is 0.253 e. The van der Waals surface area contributed by atoms with Crippen LogP contribution in [0.2, 0.25) is 0 Å². The number of aromatic nitrogens is 3. The summed E-state index contributed by atoms with van der Waals surface area (Å²) in [4.78, 5) is 26.7. The quantitative estimate of drug-likeness (QED) is 0.575. The Morgan fingerprint density at radius 2 is 1.89 bits per heavy atom. The highest BCUT2D eigenvalue weighted by Gasteiger charge is 2.19. The van der Waals surface area contributed by atoms with Crippen molar-refractivity contribution in [3.63, 3.8) is 0 Å². The van der Waals surface area contributed by atoms with Gasteiger partial charge in [0.25, 0.3) is 5.91 Å². The Morgan fingerprint density at radius 3 is 2.54 bits per heavy atom. The van der Waals surface area contributed by atoms with Crippen molar-refractivity contribution in [1.29, 1.82) is 0 Å². The third-order valence-corrected chi connectivity index (χ3v) is 5.30. The van der Waals surface area contributed by atoms with Crippen LogP contribution in [0.25, 0.3) is 11.0 Å². The Kier molecular flexibility index (Phi) is 5.14. The number of hydrogen-bond acceptors (Lipinski definition) is 5. The monoisotopic (exact) mass is 378 g/mol. The first-order valence-corrected chi connectivity index (χ1v) is 9.96. The minimum Gasteiger partial charge on any atom is -0.367 e. The lowest BCUT2D eigenvalue weighted by Gasteiger charge is -2.27. The fourth-order valence-electron chi connectivity index (χ4n) is 3.37. The van der Waals surface area contributed by atoms with E-state index in [1.165, 1.54) is 19.3 Å². The van der Waals surface area contributed by atoms with Gasteiger partial charge < -0.3 is 20.5 Å². The van der Waals surface area contributed by atoms with Crippen LogP contribution in [-0.4, -0.2) is 44.9 Å². The van der Waals surface area contributed by atoms with Gasteiger partial charge in [-0.15, -0.1) is 0 Å². The summed E-state index contributed by atoms with van der Waals surface area (Å²) in [6.07, 6.45) is 5.51. The Morgan fingerprint density at radius 1 is 1.14 bits per heavy atom. The molecule has 0 radical (unpaired) electrons. The van der Waals surface area contributed by atoms with Crippen molar-refractivity contribution in [1.82, 2.24) is 19.9 Å². The van der Waals surface area contributed by atoms with Crippen LogP contribution in [0.1, 0.15) is 43.5 Å². The lowest BCUT2D eigenvalue weighted by molar-refractivity contribution is 0.0773. The van der Waals surface area contributed by atoms with Gasteiger partial charge in [-0.25, -0.2) is 0 Å². The molecule has 1 aromatic carbocycles. The third kappa shape index (κ3) is 3.65. The summed E-state index contributed by atoms with van der Waals surface area (Å²) in [5.74, 6) is 1.43. The molecule has 7 nitrogen and oxygen atoms in total. The second kappa shape index (κ2) is 7.88. The zero-order valence-electron chi connectivity index (χ0n) is 16.3. The summed E-state index contributed by atoms with van der Waals surface area (Å²) in [7, 11) is 0. The van der Waals surface area contributed by atoms with E-state index in [0.717, 1.165) is 22.5 Å². The van der Waals surface area contributed by atoms with Crippen molar-refractivity contribution in [3.05, 3.63) is 42.1 Å². The molecule has 3 aromatic rings. The maximum absolute atomic E-state index is 12.4. The molecule has 1 saturated carbocycles. The first-order valence-electron chi connectivity index (χ1n) is 9.96. The third-order valence-electron chi connectivity index (χ3n) is 5.30. The molecule has 0 spiro atoms. The Labute approximate surface area is 164 Å². The second-order valence-electron chi connectivity index (χ2n) is 7.09. The number of nitrogens with zero attached hydrogens (tertiary/aromatic N) is 3. The summed E-state index contributed by atoms with van der Waals surface area (Å²) >= 11 is 0. The van der Waals surface area contributed by atoms with E-state index < -0.39 is 0 Å². The van der Waals surface area contributed by atoms with E-state index >= 15 is 0 Å². The highest BCUT2D eigenvalue weighted by atomic mass is 16.2. The van der Waals surface area contributed by atoms with Gasteiger partial charge in [-0.05, 0) is 63.4 Å². The lowest BCUT2D eigenvalue weighted by Crippen LogP contribution is -2.30. The molecular weight excluding hydrogens is 352 g/mol. The first-order chi connectivity index (χ1) is 13.7. The molecule has 1 aliphatic carbocycles. The van der Waals surface area contributed by atoms with E-state index in [-0.39, 0.29) is 5.91 Å². The smallest absolute Gasteiger partial charge is 0.253 e. The number of benzene rings is 1. The zero-order chi connectivity index (χ0) is 19.5. The van der Waals surface area contributed by atoms with Gasteiger partial charge in [-0.2, -0.15) is 9.97 Å². The second-order valence-corrected chi connectivity index (χ2v) is 7.09. The van der Waals surface area contributed by atoms with Crippen molar-refractivity contribution >= 4 is 34.4 Å². The standard InChI is InChI=1S/C21H26N6O/c1-3-27(4-2)20(28)14-8-10-16(11-9-14)24-21-25-18-17(12-13-22-18)19(26-21)23-15-6-5-7-15/h8-13,15H,3-7H2,1-2H3,(H3,22,23,24,25,26). The van der Waals surface area contributed by atoms with Crippen LogP contribution in [0.5, 0.6) is 0 Å². The molecule has 1 aliphatic rings. The van der Waals surface area contributed by atoms with Crippen LogP contribution in [0.15, 0.2) is 36.5 Å². The van der Waals surface area contributed by atoms with Crippen molar-refractivity contribution < 1.29 is 4.79 Å². The average molecular weight is 378 g/mol. The number of anilines is 3. The largest absolute Gasteiger partial charge is 0.367 e. The molecule has 28 heavy (non-hydrogen) atoms. The number of hydrogen-bond donors (Lipinski definition) is 3. The van der Waals surface area contributed by atoms with E-state index in [2.05, 4.69) is 25.6 Å². The van der Waals surface area contributed by atoms with Gasteiger partial charge in [0.1, 0.15) is 11.5 Å². The number of rotatable bonds is 7. The summed E-state index contributed by atoms with van der Waals surface area (Å²) in [5, 5.41) is 7.77.